The van der Waals surface area contributed by atoms with Crippen LogP contribution in [0.25, 0.3) is 0 Å². The first-order chi connectivity index (χ1) is 3.00. The van der Waals surface area contributed by atoms with Gasteiger partial charge >= 0.3 is 0 Å². The van der Waals surface area contributed by atoms with Gasteiger partial charge in [-0.1, -0.05) is 0 Å². The highest BCUT2D eigenvalue weighted by atomic mass is 32.2. The van der Waals surface area contributed by atoms with Gasteiger partial charge in [-0.15, -0.1) is 0 Å². The van der Waals surface area contributed by atoms with E-state index in [9.17, 15) is 0 Å². The molecule has 0 atom stereocenters. The third kappa shape index (κ3) is 1.19. The second-order valence-electron chi connectivity index (χ2n) is 1.36. The van der Waals surface area contributed by atoms with E-state index in [0.29, 0.717) is 0 Å². The van der Waals surface area contributed by atoms with Crippen molar-refractivity contribution in [3.05, 3.63) is 0 Å². The van der Waals surface area contributed by atoms with Crippen molar-refractivity contribution in [2.75, 3.05) is 24.6 Å². The van der Waals surface area contributed by atoms with Gasteiger partial charge in [0.25, 0.3) is 0 Å². The van der Waals surface area contributed by atoms with Gasteiger partial charge in [0, 0.05) is 24.6 Å². The van der Waals surface area contributed by atoms with Gasteiger partial charge in [0.05, 0.1) is 0 Å². The summed E-state index contributed by atoms with van der Waals surface area (Å²) in [6.45, 7) is 2.43. The summed E-state index contributed by atoms with van der Waals surface area (Å²) in [5.41, 5.74) is 0. The van der Waals surface area contributed by atoms with Crippen molar-refractivity contribution in [2.24, 2.45) is 0 Å². The lowest BCUT2D eigenvalue weighted by molar-refractivity contribution is 0.756. The predicted octanol–water partition coefficient (Wildman–Crippen LogP) is 0.323. The molecule has 0 radical (unpaired) electrons. The van der Waals surface area contributed by atoms with Crippen LogP contribution in [0.15, 0.2) is 0 Å². The average Bonchev–Trinajstić information content (AvgIpc) is 1.72. The quantitative estimate of drug-likeness (QED) is 0.476. The van der Waals surface area contributed by atoms with E-state index in [-0.39, 0.29) is 0 Å². The van der Waals surface area contributed by atoms with Crippen molar-refractivity contribution in [2.45, 2.75) is 0 Å². The topological polar surface area (TPSA) is 12.0 Å². The Balaban J connectivity index is 2.00. The smallest absolute Gasteiger partial charge is 0.00585 e. The minimum Gasteiger partial charge on any atom is -0.315 e. The van der Waals surface area contributed by atoms with Crippen LogP contribution in [0.4, 0.5) is 0 Å². The minimum atomic E-state index is 1.21. The molecule has 1 nitrogen and oxygen atoms in total. The highest BCUT2D eigenvalue weighted by molar-refractivity contribution is 7.99. The molecule has 0 bridgehead atoms. The lowest BCUT2D eigenvalue weighted by atomic mass is 10.8. The first kappa shape index (κ1) is 4.47. The Kier molecular flexibility index (Phi) is 1.85. The molecule has 0 aromatic rings. The monoisotopic (exact) mass is 105 g/mol. The van der Waals surface area contributed by atoms with E-state index in [1.807, 2.05) is 11.8 Å². The Morgan fingerprint density at radius 3 is 2.83 bits per heavy atom. The highest BCUT2D eigenvalue weighted by Crippen LogP contribution is 1.99. The molecule has 6 heavy (non-hydrogen) atoms. The van der Waals surface area contributed by atoms with Crippen LogP contribution in [0.3, 0.4) is 0 Å². The third-order valence-electron chi connectivity index (χ3n) is 0.846. The van der Waals surface area contributed by atoms with E-state index < -0.39 is 0 Å². The van der Waals surface area contributed by atoms with E-state index in [1.165, 1.54) is 24.6 Å². The van der Waals surface area contributed by atoms with Crippen molar-refractivity contribution in [3.8, 4) is 0 Å². The molecule has 2 heteroatoms. The standard InChI is InChI=1S/C4H9NS/c1-3-6-4-2-5-1/h5H,1-4H2/i1+2. The predicted molar refractivity (Wildman–Crippen MR) is 30.2 cm³/mol. The summed E-state index contributed by atoms with van der Waals surface area (Å²) in [5.74, 6) is 2.61. The summed E-state index contributed by atoms with van der Waals surface area (Å²) in [5, 5.41) is 3.26. The lowest BCUT2D eigenvalue weighted by Gasteiger charge is -2.08. The first-order valence-corrected chi connectivity index (χ1v) is 3.44. The number of rotatable bonds is 0. The van der Waals surface area contributed by atoms with Crippen molar-refractivity contribution >= 4 is 11.8 Å². The molecule has 1 rings (SSSR count). The van der Waals surface area contributed by atoms with Gasteiger partial charge < -0.3 is 5.32 Å². The molecule has 36 valence electrons. The van der Waals surface area contributed by atoms with Crippen LogP contribution in [0.2, 0.25) is 0 Å². The fourth-order valence-electron chi connectivity index (χ4n) is 0.516. The van der Waals surface area contributed by atoms with Crippen LogP contribution in [-0.4, -0.2) is 24.6 Å². The zero-order valence-corrected chi connectivity index (χ0v) is 4.55. The molecule has 0 saturated carbocycles. The minimum absolute atomic E-state index is 1.21. The van der Waals surface area contributed by atoms with E-state index in [0.717, 1.165) is 0 Å². The van der Waals surface area contributed by atoms with Gasteiger partial charge in [-0.3, -0.25) is 0 Å². The molecule has 1 fully saturated rings. The summed E-state index contributed by atoms with van der Waals surface area (Å²) in [4.78, 5) is 0. The molecular weight excluding hydrogens is 96.1 g/mol. The second kappa shape index (κ2) is 2.48. The Morgan fingerprint density at radius 1 is 1.67 bits per heavy atom. The lowest BCUT2D eigenvalue weighted by Crippen LogP contribution is -2.24. The van der Waals surface area contributed by atoms with Crippen LogP contribution in [0, 0.1) is 0 Å². The summed E-state index contributed by atoms with van der Waals surface area (Å²) >= 11 is 2.03. The van der Waals surface area contributed by atoms with Gasteiger partial charge in [0.2, 0.25) is 0 Å². The van der Waals surface area contributed by atoms with Gasteiger partial charge in [-0.2, -0.15) is 11.8 Å². The van der Waals surface area contributed by atoms with Crippen LogP contribution in [0.5, 0.6) is 0 Å². The summed E-state index contributed by atoms with van der Waals surface area (Å²) in [6.07, 6.45) is 0. The Hall–Kier alpha value is 0.310. The summed E-state index contributed by atoms with van der Waals surface area (Å²) in [6, 6.07) is 0. The van der Waals surface area contributed by atoms with Crippen molar-refractivity contribution in [3.63, 3.8) is 0 Å². The maximum atomic E-state index is 3.26. The Labute approximate surface area is 42.5 Å². The molecule has 1 N–H and O–H groups in total. The maximum absolute atomic E-state index is 3.26. The largest absolute Gasteiger partial charge is 0.315 e. The van der Waals surface area contributed by atoms with Gasteiger partial charge in [0.15, 0.2) is 0 Å². The van der Waals surface area contributed by atoms with Crippen LogP contribution < -0.4 is 5.32 Å². The summed E-state index contributed by atoms with van der Waals surface area (Å²) in [7, 11) is 0. The SMILES string of the molecule is C1CSC[14CH2]N1. The van der Waals surface area contributed by atoms with Gasteiger partial charge in [-0.05, 0) is 0 Å². The van der Waals surface area contributed by atoms with E-state index in [4.69, 9.17) is 0 Å². The number of nitrogens with one attached hydrogen (secondary N) is 1. The molecule has 0 spiro atoms. The van der Waals surface area contributed by atoms with Gasteiger partial charge in [0.1, 0.15) is 0 Å². The molecule has 1 aliphatic heterocycles. The molecule has 1 saturated heterocycles. The van der Waals surface area contributed by atoms with Crippen molar-refractivity contribution < 1.29 is 0 Å². The number of hydrogen-bond acceptors (Lipinski definition) is 2. The molecule has 0 unspecified atom stereocenters. The summed E-state index contributed by atoms with van der Waals surface area (Å²) < 4.78 is 0. The average molecular weight is 105 g/mol. The fourth-order valence-corrected chi connectivity index (χ4v) is 1.30. The van der Waals surface area contributed by atoms with Crippen LogP contribution >= 0.6 is 11.8 Å². The Bertz CT molecular complexity index is 23.0. The van der Waals surface area contributed by atoms with Crippen LogP contribution in [0.1, 0.15) is 0 Å². The molecule has 0 amide bonds. The highest BCUT2D eigenvalue weighted by Gasteiger charge is 1.93. The zero-order valence-electron chi connectivity index (χ0n) is 3.74. The van der Waals surface area contributed by atoms with Crippen molar-refractivity contribution in [1.29, 1.82) is 0 Å². The number of thioether (sulfide) groups is 1. The zero-order chi connectivity index (χ0) is 4.24. The maximum Gasteiger partial charge on any atom is 0.00585 e. The fraction of sp³-hybridized carbons (Fsp3) is 1.00. The normalized spacial score (nSPS) is 24.0. The van der Waals surface area contributed by atoms with E-state index in [2.05, 4.69) is 5.32 Å². The van der Waals surface area contributed by atoms with Crippen LogP contribution in [-0.2, 0) is 0 Å². The molecular formula is C4H9NS. The molecule has 1 aliphatic rings. The second-order valence-corrected chi connectivity index (χ2v) is 2.59. The molecule has 0 aliphatic carbocycles. The van der Waals surface area contributed by atoms with Gasteiger partial charge in [-0.25, -0.2) is 0 Å². The van der Waals surface area contributed by atoms with E-state index >= 15 is 0 Å². The third-order valence-corrected chi connectivity index (χ3v) is 1.83. The number of hydrogen-bond donors (Lipinski definition) is 1. The molecule has 0 aromatic heterocycles. The first-order valence-electron chi connectivity index (χ1n) is 2.28. The molecule has 0 aromatic carbocycles. The van der Waals surface area contributed by atoms with E-state index in [1.54, 1.807) is 0 Å². The Morgan fingerprint density at radius 2 is 2.67 bits per heavy atom. The molecule has 1 heterocycles. The van der Waals surface area contributed by atoms with Crippen molar-refractivity contribution in [1.82, 2.24) is 5.32 Å².